The number of nitrogen functional groups attached to an aromatic ring is 1. The van der Waals surface area contributed by atoms with Gasteiger partial charge in [0.1, 0.15) is 0 Å². The highest BCUT2D eigenvalue weighted by Gasteiger charge is 2.19. The van der Waals surface area contributed by atoms with Gasteiger partial charge in [0, 0.05) is 11.3 Å². The smallest absolute Gasteiger partial charge is 0.293 e. The van der Waals surface area contributed by atoms with Gasteiger partial charge in [-0.05, 0) is 12.1 Å². The Balaban J connectivity index is 1.74. The van der Waals surface area contributed by atoms with E-state index in [4.69, 9.17) is 15.2 Å². The van der Waals surface area contributed by atoms with Gasteiger partial charge >= 0.3 is 0 Å². The third-order valence-corrected chi connectivity index (χ3v) is 2.76. The number of aromatic amines is 1. The molecule has 0 unspecified atom stereocenters. The van der Waals surface area contributed by atoms with E-state index < -0.39 is 5.91 Å². The zero-order valence-electron chi connectivity index (χ0n) is 10.5. The summed E-state index contributed by atoms with van der Waals surface area (Å²) in [5.41, 5.74) is 6.81. The summed E-state index contributed by atoms with van der Waals surface area (Å²) >= 11 is 0. The molecule has 8 heteroatoms. The van der Waals surface area contributed by atoms with Crippen LogP contribution in [0.15, 0.2) is 24.3 Å². The lowest BCUT2D eigenvalue weighted by Crippen LogP contribution is -2.14. The molecule has 0 radical (unpaired) electrons. The van der Waals surface area contributed by atoms with Crippen molar-refractivity contribution in [3.8, 4) is 0 Å². The number of carbonyl (C=O) groups excluding carboxylic acids is 1. The number of anilines is 2. The van der Waals surface area contributed by atoms with E-state index in [1.807, 2.05) is 12.1 Å². The summed E-state index contributed by atoms with van der Waals surface area (Å²) in [5, 5.41) is 8.74. The van der Waals surface area contributed by atoms with Crippen LogP contribution in [0.25, 0.3) is 0 Å². The fourth-order valence-electron chi connectivity index (χ4n) is 1.88. The summed E-state index contributed by atoms with van der Waals surface area (Å²) in [6.07, 6.45) is -0.382. The van der Waals surface area contributed by atoms with Crippen molar-refractivity contribution < 1.29 is 14.3 Å². The molecular formula is C12H13N5O3. The van der Waals surface area contributed by atoms with Crippen molar-refractivity contribution in [1.82, 2.24) is 15.2 Å². The van der Waals surface area contributed by atoms with E-state index in [2.05, 4.69) is 20.5 Å². The second kappa shape index (κ2) is 5.27. The first-order valence-corrected chi connectivity index (χ1v) is 6.05. The van der Waals surface area contributed by atoms with Crippen molar-refractivity contribution in [1.29, 1.82) is 0 Å². The van der Waals surface area contributed by atoms with Gasteiger partial charge < -0.3 is 20.5 Å². The Morgan fingerprint density at radius 3 is 2.90 bits per heavy atom. The van der Waals surface area contributed by atoms with Crippen LogP contribution in [0.3, 0.4) is 0 Å². The summed E-state index contributed by atoms with van der Waals surface area (Å²) in [6, 6.07) is 7.23. The maximum absolute atomic E-state index is 11.9. The first-order chi connectivity index (χ1) is 9.72. The first-order valence-electron chi connectivity index (χ1n) is 6.05. The zero-order chi connectivity index (χ0) is 13.9. The number of nitrogens with one attached hydrogen (secondary N) is 2. The molecule has 0 aliphatic carbocycles. The Hall–Kier alpha value is -2.45. The molecule has 0 saturated carbocycles. The van der Waals surface area contributed by atoms with Crippen LogP contribution in [0, 0.1) is 0 Å². The molecule has 1 aromatic heterocycles. The Morgan fingerprint density at radius 1 is 1.40 bits per heavy atom. The highest BCUT2D eigenvalue weighted by molar-refractivity contribution is 6.01. The van der Waals surface area contributed by atoms with Crippen molar-refractivity contribution in [2.24, 2.45) is 0 Å². The number of rotatable bonds is 3. The molecule has 20 heavy (non-hydrogen) atoms. The normalized spacial score (nSPS) is 15.4. The molecule has 1 saturated heterocycles. The zero-order valence-corrected chi connectivity index (χ0v) is 10.5. The maximum Gasteiger partial charge on any atom is 0.293 e. The molecule has 0 atom stereocenters. The monoisotopic (exact) mass is 275 g/mol. The third-order valence-electron chi connectivity index (χ3n) is 2.76. The number of nitrogens with zero attached hydrogens (tertiary/aromatic N) is 2. The number of hydrogen-bond acceptors (Lipinski definition) is 6. The first kappa shape index (κ1) is 12.6. The maximum atomic E-state index is 11.9. The number of carbonyl (C=O) groups is 1. The van der Waals surface area contributed by atoms with Crippen LogP contribution in [-0.4, -0.2) is 34.3 Å². The lowest BCUT2D eigenvalue weighted by molar-refractivity contribution is -0.0440. The van der Waals surface area contributed by atoms with Gasteiger partial charge in [0.15, 0.2) is 6.29 Å². The SMILES string of the molecule is Nc1n[nH]c(C(=O)Nc2cccc(C3OCCO3)c2)n1. The number of benzene rings is 1. The van der Waals surface area contributed by atoms with Crippen LogP contribution in [0.5, 0.6) is 0 Å². The molecule has 2 aromatic rings. The molecular weight excluding hydrogens is 262 g/mol. The van der Waals surface area contributed by atoms with Crippen molar-refractivity contribution >= 4 is 17.5 Å². The van der Waals surface area contributed by atoms with Gasteiger partial charge in [-0.25, -0.2) is 0 Å². The van der Waals surface area contributed by atoms with Crippen LogP contribution in [0.2, 0.25) is 0 Å². The van der Waals surface area contributed by atoms with E-state index in [1.54, 1.807) is 12.1 Å². The average molecular weight is 275 g/mol. The van der Waals surface area contributed by atoms with Gasteiger partial charge in [0.25, 0.3) is 5.91 Å². The standard InChI is InChI=1S/C12H13N5O3/c13-12-15-9(16-17-12)10(18)14-8-3-1-2-7(6-8)11-19-4-5-20-11/h1-3,6,11H,4-5H2,(H,14,18)(H3,13,15,16,17). The summed E-state index contributed by atoms with van der Waals surface area (Å²) in [7, 11) is 0. The van der Waals surface area contributed by atoms with E-state index in [0.717, 1.165) is 5.56 Å². The van der Waals surface area contributed by atoms with E-state index in [0.29, 0.717) is 18.9 Å². The molecule has 1 aliphatic heterocycles. The second-order valence-corrected chi connectivity index (χ2v) is 4.20. The van der Waals surface area contributed by atoms with Crippen LogP contribution < -0.4 is 11.1 Å². The second-order valence-electron chi connectivity index (χ2n) is 4.20. The molecule has 2 heterocycles. The number of ether oxygens (including phenoxy) is 2. The van der Waals surface area contributed by atoms with Crippen molar-refractivity contribution in [2.75, 3.05) is 24.3 Å². The quantitative estimate of drug-likeness (QED) is 0.759. The molecule has 1 aliphatic rings. The van der Waals surface area contributed by atoms with E-state index >= 15 is 0 Å². The van der Waals surface area contributed by atoms with Gasteiger partial charge in [0.05, 0.1) is 13.2 Å². The number of aromatic nitrogens is 3. The molecule has 4 N–H and O–H groups in total. The van der Waals surface area contributed by atoms with E-state index in [9.17, 15) is 4.79 Å². The fourth-order valence-corrected chi connectivity index (χ4v) is 1.88. The number of hydrogen-bond donors (Lipinski definition) is 3. The minimum atomic E-state index is -0.417. The Bertz CT molecular complexity index is 621. The predicted molar refractivity (Wildman–Crippen MR) is 69.8 cm³/mol. The summed E-state index contributed by atoms with van der Waals surface area (Å²) < 4.78 is 10.8. The van der Waals surface area contributed by atoms with Crippen molar-refractivity contribution in [3.05, 3.63) is 35.7 Å². The van der Waals surface area contributed by atoms with Crippen molar-refractivity contribution in [2.45, 2.75) is 6.29 Å². The highest BCUT2D eigenvalue weighted by atomic mass is 16.7. The van der Waals surface area contributed by atoms with Crippen LogP contribution in [-0.2, 0) is 9.47 Å². The lowest BCUT2D eigenvalue weighted by atomic mass is 10.2. The third kappa shape index (κ3) is 2.60. The van der Waals surface area contributed by atoms with Crippen LogP contribution >= 0.6 is 0 Å². The Labute approximate surface area is 114 Å². The van der Waals surface area contributed by atoms with Gasteiger partial charge in [-0.15, -0.1) is 5.10 Å². The van der Waals surface area contributed by atoms with Crippen molar-refractivity contribution in [3.63, 3.8) is 0 Å². The molecule has 1 fully saturated rings. The number of H-pyrrole nitrogens is 1. The minimum Gasteiger partial charge on any atom is -0.366 e. The number of amides is 1. The largest absolute Gasteiger partial charge is 0.366 e. The van der Waals surface area contributed by atoms with Gasteiger partial charge in [-0.3, -0.25) is 9.89 Å². The molecule has 0 spiro atoms. The molecule has 8 nitrogen and oxygen atoms in total. The minimum absolute atomic E-state index is 0.0247. The Morgan fingerprint density at radius 2 is 2.20 bits per heavy atom. The summed E-state index contributed by atoms with van der Waals surface area (Å²) in [6.45, 7) is 1.14. The van der Waals surface area contributed by atoms with Gasteiger partial charge in [-0.2, -0.15) is 4.98 Å². The van der Waals surface area contributed by atoms with Crippen LogP contribution in [0.1, 0.15) is 22.5 Å². The Kier molecular flexibility index (Phi) is 3.32. The molecule has 0 bridgehead atoms. The van der Waals surface area contributed by atoms with Gasteiger partial charge in [-0.1, -0.05) is 12.1 Å². The van der Waals surface area contributed by atoms with Gasteiger partial charge in [0.2, 0.25) is 11.8 Å². The average Bonchev–Trinajstić information content (AvgIpc) is 3.10. The molecule has 1 amide bonds. The molecule has 1 aromatic carbocycles. The predicted octanol–water partition coefficient (Wildman–Crippen LogP) is 0.685. The van der Waals surface area contributed by atoms with E-state index in [1.165, 1.54) is 0 Å². The summed E-state index contributed by atoms with van der Waals surface area (Å²) in [4.78, 5) is 15.7. The molecule has 104 valence electrons. The highest BCUT2D eigenvalue weighted by Crippen LogP contribution is 2.25. The number of nitrogens with two attached hydrogens (primary N) is 1. The summed E-state index contributed by atoms with van der Waals surface area (Å²) in [5.74, 6) is -0.336. The molecule has 3 rings (SSSR count). The fraction of sp³-hybridized carbons (Fsp3) is 0.250. The lowest BCUT2D eigenvalue weighted by Gasteiger charge is -2.11. The topological polar surface area (TPSA) is 115 Å². The van der Waals surface area contributed by atoms with E-state index in [-0.39, 0.29) is 18.1 Å². The van der Waals surface area contributed by atoms with Crippen LogP contribution in [0.4, 0.5) is 11.6 Å².